The number of phenols is 1. The second-order valence-corrected chi connectivity index (χ2v) is 4.37. The Morgan fingerprint density at radius 1 is 1.38 bits per heavy atom. The van der Waals surface area contributed by atoms with E-state index in [1.165, 1.54) is 0 Å². The molecule has 1 aromatic carbocycles. The third kappa shape index (κ3) is 2.84. The molecule has 1 heterocycles. The number of aromatic nitrogens is 2. The molecule has 84 valence electrons. The molecule has 5 heteroatoms. The van der Waals surface area contributed by atoms with Gasteiger partial charge >= 0.3 is 0 Å². The van der Waals surface area contributed by atoms with Crippen LogP contribution in [0.2, 0.25) is 0 Å². The molecule has 2 aromatic rings. The number of imidazole rings is 1. The van der Waals surface area contributed by atoms with Crippen LogP contribution in [0.15, 0.2) is 35.2 Å². The van der Waals surface area contributed by atoms with Gasteiger partial charge in [-0.2, -0.15) is 0 Å². The molecule has 0 bridgehead atoms. The number of phenolic OH excluding ortho intramolecular Hbond substituents is 1. The topological polar surface area (TPSA) is 60.9 Å². The van der Waals surface area contributed by atoms with Crippen LogP contribution in [0.1, 0.15) is 11.3 Å². The van der Waals surface area contributed by atoms with E-state index < -0.39 is 0 Å². The summed E-state index contributed by atoms with van der Waals surface area (Å²) in [4.78, 5) is 6.93. The van der Waals surface area contributed by atoms with Crippen LogP contribution >= 0.6 is 15.9 Å². The summed E-state index contributed by atoms with van der Waals surface area (Å²) in [5.74, 6) is 0.306. The van der Waals surface area contributed by atoms with Gasteiger partial charge in [0.05, 0.1) is 6.33 Å². The first-order valence-electron chi connectivity index (χ1n) is 4.91. The minimum Gasteiger partial charge on any atom is -0.508 e. The lowest BCUT2D eigenvalue weighted by molar-refractivity contribution is 0.464. The van der Waals surface area contributed by atoms with Crippen LogP contribution in [0.5, 0.6) is 5.75 Å². The Kier molecular flexibility index (Phi) is 3.58. The van der Waals surface area contributed by atoms with Gasteiger partial charge in [0.2, 0.25) is 0 Å². The summed E-state index contributed by atoms with van der Waals surface area (Å²) in [6, 6.07) is 5.39. The van der Waals surface area contributed by atoms with Gasteiger partial charge in [-0.25, -0.2) is 4.98 Å². The van der Waals surface area contributed by atoms with Gasteiger partial charge in [-0.05, 0) is 18.2 Å². The van der Waals surface area contributed by atoms with Crippen molar-refractivity contribution in [1.82, 2.24) is 15.3 Å². The van der Waals surface area contributed by atoms with Crippen molar-refractivity contribution in [2.75, 3.05) is 0 Å². The molecule has 1 aromatic heterocycles. The fraction of sp³-hybridized carbons (Fsp3) is 0.182. The zero-order valence-electron chi connectivity index (χ0n) is 8.57. The molecule has 0 fully saturated rings. The summed E-state index contributed by atoms with van der Waals surface area (Å²) < 4.78 is 0.962. The predicted molar refractivity (Wildman–Crippen MR) is 64.9 cm³/mol. The first-order chi connectivity index (χ1) is 7.75. The molecule has 0 unspecified atom stereocenters. The number of nitrogens with zero attached hydrogens (tertiary/aromatic N) is 1. The van der Waals surface area contributed by atoms with Crippen molar-refractivity contribution in [2.45, 2.75) is 13.1 Å². The highest BCUT2D eigenvalue weighted by atomic mass is 79.9. The predicted octanol–water partition coefficient (Wildman–Crippen LogP) is 2.17. The smallest absolute Gasteiger partial charge is 0.120 e. The molecule has 4 nitrogen and oxygen atoms in total. The van der Waals surface area contributed by atoms with E-state index in [1.807, 2.05) is 12.1 Å². The number of hydrogen-bond donors (Lipinski definition) is 3. The maximum Gasteiger partial charge on any atom is 0.120 e. The first-order valence-corrected chi connectivity index (χ1v) is 5.70. The Labute approximate surface area is 102 Å². The Bertz CT molecular complexity index is 456. The minimum atomic E-state index is 0.306. The fourth-order valence-corrected chi connectivity index (χ4v) is 1.82. The molecular weight excluding hydrogens is 270 g/mol. The van der Waals surface area contributed by atoms with Crippen molar-refractivity contribution in [3.63, 3.8) is 0 Å². The lowest BCUT2D eigenvalue weighted by Gasteiger charge is -2.06. The number of aromatic amines is 1. The van der Waals surface area contributed by atoms with Gasteiger partial charge < -0.3 is 15.4 Å². The van der Waals surface area contributed by atoms with E-state index in [2.05, 4.69) is 31.2 Å². The number of benzene rings is 1. The van der Waals surface area contributed by atoms with E-state index >= 15 is 0 Å². The molecule has 0 atom stereocenters. The summed E-state index contributed by atoms with van der Waals surface area (Å²) in [5.41, 5.74) is 1.89. The fourth-order valence-electron chi connectivity index (χ4n) is 1.41. The average Bonchev–Trinajstić information content (AvgIpc) is 2.76. The van der Waals surface area contributed by atoms with Crippen LogP contribution in [0.25, 0.3) is 0 Å². The molecule has 2 rings (SSSR count). The van der Waals surface area contributed by atoms with Gasteiger partial charge in [0, 0.05) is 35.0 Å². The van der Waals surface area contributed by atoms with E-state index in [0.717, 1.165) is 15.7 Å². The Balaban J connectivity index is 1.92. The number of aromatic hydroxyl groups is 1. The van der Waals surface area contributed by atoms with Gasteiger partial charge in [0.1, 0.15) is 5.75 Å². The third-order valence-corrected chi connectivity index (χ3v) is 2.72. The lowest BCUT2D eigenvalue weighted by atomic mass is 10.2. The van der Waals surface area contributed by atoms with Gasteiger partial charge in [0.25, 0.3) is 0 Å². The Morgan fingerprint density at radius 2 is 2.25 bits per heavy atom. The van der Waals surface area contributed by atoms with Crippen molar-refractivity contribution in [3.8, 4) is 5.75 Å². The van der Waals surface area contributed by atoms with Gasteiger partial charge in [0.15, 0.2) is 0 Å². The van der Waals surface area contributed by atoms with Gasteiger partial charge in [-0.1, -0.05) is 15.9 Å². The maximum absolute atomic E-state index is 9.61. The summed E-state index contributed by atoms with van der Waals surface area (Å²) in [7, 11) is 0. The summed E-state index contributed by atoms with van der Waals surface area (Å²) in [5, 5.41) is 12.8. The van der Waals surface area contributed by atoms with E-state index in [-0.39, 0.29) is 0 Å². The second-order valence-electron chi connectivity index (χ2n) is 3.45. The third-order valence-electron chi connectivity index (χ3n) is 2.23. The van der Waals surface area contributed by atoms with Crippen molar-refractivity contribution >= 4 is 15.9 Å². The standard InChI is InChI=1S/C11H12BrN3O/c12-9-1-2-11(16)8(3-9)4-13-5-10-6-14-7-15-10/h1-3,6-7,13,16H,4-5H2,(H,14,15). The molecule has 16 heavy (non-hydrogen) atoms. The largest absolute Gasteiger partial charge is 0.508 e. The summed E-state index contributed by atoms with van der Waals surface area (Å²) in [6.45, 7) is 1.32. The molecule has 0 radical (unpaired) electrons. The van der Waals surface area contributed by atoms with Crippen molar-refractivity contribution in [2.24, 2.45) is 0 Å². The Morgan fingerprint density at radius 3 is 3.00 bits per heavy atom. The SMILES string of the molecule is Oc1ccc(Br)cc1CNCc1cnc[nH]1. The minimum absolute atomic E-state index is 0.306. The first kappa shape index (κ1) is 11.2. The highest BCUT2D eigenvalue weighted by molar-refractivity contribution is 9.10. The normalized spacial score (nSPS) is 10.6. The van der Waals surface area contributed by atoms with Crippen LogP contribution in [-0.2, 0) is 13.1 Å². The quantitative estimate of drug-likeness (QED) is 0.805. The van der Waals surface area contributed by atoms with Gasteiger partial charge in [-0.15, -0.1) is 0 Å². The number of nitrogens with one attached hydrogen (secondary N) is 2. The maximum atomic E-state index is 9.61. The molecule has 0 aliphatic rings. The van der Waals surface area contributed by atoms with E-state index in [4.69, 9.17) is 0 Å². The molecule has 0 aliphatic heterocycles. The van der Waals surface area contributed by atoms with E-state index in [1.54, 1.807) is 18.6 Å². The number of rotatable bonds is 4. The zero-order chi connectivity index (χ0) is 11.4. The van der Waals surface area contributed by atoms with Crippen LogP contribution in [0.4, 0.5) is 0 Å². The number of H-pyrrole nitrogens is 1. The molecule has 0 saturated heterocycles. The van der Waals surface area contributed by atoms with Crippen molar-refractivity contribution in [1.29, 1.82) is 0 Å². The summed E-state index contributed by atoms with van der Waals surface area (Å²) in [6.07, 6.45) is 3.42. The molecule has 0 aliphatic carbocycles. The monoisotopic (exact) mass is 281 g/mol. The number of hydrogen-bond acceptors (Lipinski definition) is 3. The number of halogens is 1. The Hall–Kier alpha value is -1.33. The van der Waals surface area contributed by atoms with Crippen LogP contribution in [0.3, 0.4) is 0 Å². The van der Waals surface area contributed by atoms with Gasteiger partial charge in [-0.3, -0.25) is 0 Å². The average molecular weight is 282 g/mol. The van der Waals surface area contributed by atoms with E-state index in [9.17, 15) is 5.11 Å². The highest BCUT2D eigenvalue weighted by Crippen LogP contribution is 2.21. The molecule has 0 spiro atoms. The second kappa shape index (κ2) is 5.14. The van der Waals surface area contributed by atoms with Crippen molar-refractivity contribution < 1.29 is 5.11 Å². The van der Waals surface area contributed by atoms with E-state index in [0.29, 0.717) is 18.8 Å². The van der Waals surface area contributed by atoms with Crippen LogP contribution < -0.4 is 5.32 Å². The zero-order valence-corrected chi connectivity index (χ0v) is 10.2. The van der Waals surface area contributed by atoms with Crippen LogP contribution in [0, 0.1) is 0 Å². The molecule has 0 saturated carbocycles. The lowest BCUT2D eigenvalue weighted by Crippen LogP contribution is -2.12. The molecule has 3 N–H and O–H groups in total. The molecular formula is C11H12BrN3O. The van der Waals surface area contributed by atoms with Crippen LogP contribution in [-0.4, -0.2) is 15.1 Å². The molecule has 0 amide bonds. The van der Waals surface area contributed by atoms with Crippen molar-refractivity contribution in [3.05, 3.63) is 46.5 Å². The summed E-state index contributed by atoms with van der Waals surface area (Å²) >= 11 is 3.37. The highest BCUT2D eigenvalue weighted by Gasteiger charge is 2.01.